The van der Waals surface area contributed by atoms with Crippen LogP contribution in [0.4, 0.5) is 11.4 Å². The van der Waals surface area contributed by atoms with Crippen molar-refractivity contribution in [3.63, 3.8) is 0 Å². The largest absolute Gasteiger partial charge is 0.396 e. The van der Waals surface area contributed by atoms with Crippen LogP contribution in [-0.4, -0.2) is 10.9 Å². The van der Waals surface area contributed by atoms with E-state index < -0.39 is 0 Å². The third-order valence-electron chi connectivity index (χ3n) is 1.16. The van der Waals surface area contributed by atoms with Crippen molar-refractivity contribution in [1.29, 1.82) is 0 Å². The molecule has 0 bridgehead atoms. The zero-order valence-corrected chi connectivity index (χ0v) is 6.16. The topological polar surface area (TPSA) is 68.0 Å². The third kappa shape index (κ3) is 1.93. The second-order valence-corrected chi connectivity index (χ2v) is 2.14. The lowest BCUT2D eigenvalue weighted by molar-refractivity contribution is -0.114. The van der Waals surface area contributed by atoms with Gasteiger partial charge in [0.15, 0.2) is 0 Å². The number of rotatable bonds is 1. The summed E-state index contributed by atoms with van der Waals surface area (Å²) in [6, 6.07) is 1.65. The number of nitrogens with zero attached hydrogens (tertiary/aromatic N) is 1. The Bertz CT molecular complexity index is 272. The first-order valence-corrected chi connectivity index (χ1v) is 3.17. The second kappa shape index (κ2) is 3.01. The fraction of sp³-hybridized carbons (Fsp3) is 0.143. The minimum absolute atomic E-state index is 0.136. The molecule has 0 aromatic carbocycles. The number of aromatic nitrogens is 1. The van der Waals surface area contributed by atoms with Crippen LogP contribution in [0.3, 0.4) is 0 Å². The Labute approximate surface area is 64.4 Å². The van der Waals surface area contributed by atoms with Crippen molar-refractivity contribution in [2.45, 2.75) is 6.92 Å². The minimum Gasteiger partial charge on any atom is -0.396 e. The summed E-state index contributed by atoms with van der Waals surface area (Å²) in [5.74, 6) is -0.136. The maximum absolute atomic E-state index is 10.6. The third-order valence-corrected chi connectivity index (χ3v) is 1.16. The molecule has 1 rings (SSSR count). The van der Waals surface area contributed by atoms with Gasteiger partial charge in [-0.05, 0) is 6.07 Å². The first-order valence-electron chi connectivity index (χ1n) is 3.17. The average Bonchev–Trinajstić information content (AvgIpc) is 1.93. The monoisotopic (exact) mass is 151 g/mol. The molecule has 1 aromatic heterocycles. The van der Waals surface area contributed by atoms with E-state index in [-0.39, 0.29) is 5.91 Å². The van der Waals surface area contributed by atoms with E-state index >= 15 is 0 Å². The van der Waals surface area contributed by atoms with E-state index in [0.29, 0.717) is 11.4 Å². The predicted molar refractivity (Wildman–Crippen MR) is 43.0 cm³/mol. The molecule has 0 saturated carbocycles. The number of carbonyl (C=O) groups is 1. The number of carbonyl (C=O) groups excluding carboxylic acids is 1. The number of hydrogen-bond donors (Lipinski definition) is 2. The van der Waals surface area contributed by atoms with Gasteiger partial charge in [-0.1, -0.05) is 0 Å². The Morgan fingerprint density at radius 2 is 2.45 bits per heavy atom. The highest BCUT2D eigenvalue weighted by atomic mass is 16.1. The quantitative estimate of drug-likeness (QED) is 0.618. The van der Waals surface area contributed by atoms with E-state index in [1.165, 1.54) is 13.1 Å². The zero-order chi connectivity index (χ0) is 8.27. The van der Waals surface area contributed by atoms with Gasteiger partial charge in [0.2, 0.25) is 5.91 Å². The molecular formula is C7H9N3O. The molecule has 11 heavy (non-hydrogen) atoms. The molecule has 0 aliphatic heterocycles. The van der Waals surface area contributed by atoms with Crippen LogP contribution < -0.4 is 11.1 Å². The molecule has 0 saturated heterocycles. The molecule has 0 aliphatic rings. The van der Waals surface area contributed by atoms with Gasteiger partial charge in [0.1, 0.15) is 0 Å². The van der Waals surface area contributed by atoms with Crippen molar-refractivity contribution in [2.75, 3.05) is 11.1 Å². The summed E-state index contributed by atoms with van der Waals surface area (Å²) in [7, 11) is 0. The normalized spacial score (nSPS) is 9.18. The first kappa shape index (κ1) is 7.53. The molecule has 4 heteroatoms. The Hall–Kier alpha value is -1.58. The standard InChI is InChI=1S/C7H9N3O/c1-5(11)10-7-2-3-9-4-6(7)8/h2-4H,8H2,1H3,(H,9,10,11). The van der Waals surface area contributed by atoms with Crippen LogP contribution in [0.15, 0.2) is 18.5 Å². The summed E-state index contributed by atoms with van der Waals surface area (Å²) >= 11 is 0. The van der Waals surface area contributed by atoms with Gasteiger partial charge in [-0.15, -0.1) is 0 Å². The minimum atomic E-state index is -0.136. The summed E-state index contributed by atoms with van der Waals surface area (Å²) in [4.78, 5) is 14.4. The fourth-order valence-electron chi connectivity index (χ4n) is 0.710. The summed E-state index contributed by atoms with van der Waals surface area (Å²) in [5, 5.41) is 2.57. The summed E-state index contributed by atoms with van der Waals surface area (Å²) < 4.78 is 0. The average molecular weight is 151 g/mol. The molecule has 0 aliphatic carbocycles. The lowest BCUT2D eigenvalue weighted by Gasteiger charge is -2.03. The van der Waals surface area contributed by atoms with Gasteiger partial charge in [0, 0.05) is 13.1 Å². The van der Waals surface area contributed by atoms with Crippen molar-refractivity contribution in [2.24, 2.45) is 0 Å². The maximum atomic E-state index is 10.6. The van der Waals surface area contributed by atoms with Crippen LogP contribution in [0, 0.1) is 0 Å². The maximum Gasteiger partial charge on any atom is 0.221 e. The molecule has 1 amide bonds. The van der Waals surface area contributed by atoms with Crippen molar-refractivity contribution in [3.8, 4) is 0 Å². The van der Waals surface area contributed by atoms with E-state index in [9.17, 15) is 4.79 Å². The molecule has 4 nitrogen and oxygen atoms in total. The summed E-state index contributed by atoms with van der Waals surface area (Å²) in [5.41, 5.74) is 6.57. The lowest BCUT2D eigenvalue weighted by Crippen LogP contribution is -2.07. The van der Waals surface area contributed by atoms with E-state index in [4.69, 9.17) is 5.73 Å². The molecule has 0 atom stereocenters. The van der Waals surface area contributed by atoms with E-state index in [1.54, 1.807) is 12.3 Å². The molecular weight excluding hydrogens is 142 g/mol. The van der Waals surface area contributed by atoms with E-state index in [1.807, 2.05) is 0 Å². The Balaban J connectivity index is 2.86. The van der Waals surface area contributed by atoms with Crippen LogP contribution in [0.1, 0.15) is 6.92 Å². The number of amides is 1. The SMILES string of the molecule is CC(=O)Nc1ccncc1N. The van der Waals surface area contributed by atoms with E-state index in [0.717, 1.165) is 0 Å². The highest BCUT2D eigenvalue weighted by Crippen LogP contribution is 2.14. The second-order valence-electron chi connectivity index (χ2n) is 2.14. The summed E-state index contributed by atoms with van der Waals surface area (Å²) in [6.07, 6.45) is 3.06. The first-order chi connectivity index (χ1) is 5.20. The van der Waals surface area contributed by atoms with Gasteiger partial charge in [-0.25, -0.2) is 0 Å². The van der Waals surface area contributed by atoms with Crippen LogP contribution >= 0.6 is 0 Å². The number of nitrogens with one attached hydrogen (secondary N) is 1. The fourth-order valence-corrected chi connectivity index (χ4v) is 0.710. The highest BCUT2D eigenvalue weighted by Gasteiger charge is 1.97. The number of nitrogens with two attached hydrogens (primary N) is 1. The Morgan fingerprint density at radius 1 is 1.73 bits per heavy atom. The molecule has 58 valence electrons. The van der Waals surface area contributed by atoms with Crippen molar-refractivity contribution >= 4 is 17.3 Å². The number of nitrogen functional groups attached to an aromatic ring is 1. The smallest absolute Gasteiger partial charge is 0.221 e. The van der Waals surface area contributed by atoms with Gasteiger partial charge in [0.05, 0.1) is 17.6 Å². The van der Waals surface area contributed by atoms with Crippen molar-refractivity contribution in [1.82, 2.24) is 4.98 Å². The highest BCUT2D eigenvalue weighted by molar-refractivity contribution is 5.91. The molecule has 3 N–H and O–H groups in total. The molecule has 0 spiro atoms. The van der Waals surface area contributed by atoms with Crippen molar-refractivity contribution < 1.29 is 4.79 Å². The van der Waals surface area contributed by atoms with Gasteiger partial charge in [-0.3, -0.25) is 9.78 Å². The molecule has 0 radical (unpaired) electrons. The Morgan fingerprint density at radius 3 is 3.00 bits per heavy atom. The zero-order valence-electron chi connectivity index (χ0n) is 6.16. The van der Waals surface area contributed by atoms with Crippen molar-refractivity contribution in [3.05, 3.63) is 18.5 Å². The lowest BCUT2D eigenvalue weighted by atomic mass is 10.3. The number of pyridine rings is 1. The van der Waals surface area contributed by atoms with Gasteiger partial charge in [-0.2, -0.15) is 0 Å². The van der Waals surface area contributed by atoms with E-state index in [2.05, 4.69) is 10.3 Å². The molecule has 1 heterocycles. The number of anilines is 2. The molecule has 1 aromatic rings. The van der Waals surface area contributed by atoms with Crippen LogP contribution in [-0.2, 0) is 4.79 Å². The van der Waals surface area contributed by atoms with Gasteiger partial charge < -0.3 is 11.1 Å². The van der Waals surface area contributed by atoms with Crippen LogP contribution in [0.2, 0.25) is 0 Å². The molecule has 0 unspecified atom stereocenters. The Kier molecular flexibility index (Phi) is 2.06. The van der Waals surface area contributed by atoms with Crippen LogP contribution in [0.25, 0.3) is 0 Å². The predicted octanol–water partition coefficient (Wildman–Crippen LogP) is 0.622. The van der Waals surface area contributed by atoms with Gasteiger partial charge in [0.25, 0.3) is 0 Å². The van der Waals surface area contributed by atoms with Crippen LogP contribution in [0.5, 0.6) is 0 Å². The number of hydrogen-bond acceptors (Lipinski definition) is 3. The molecule has 0 fully saturated rings. The summed E-state index contributed by atoms with van der Waals surface area (Å²) in [6.45, 7) is 1.43. The van der Waals surface area contributed by atoms with Gasteiger partial charge >= 0.3 is 0 Å².